The number of nitrogens with zero attached hydrogens (tertiary/aromatic N) is 2. The van der Waals surface area contributed by atoms with Gasteiger partial charge in [0.1, 0.15) is 5.82 Å². The maximum atomic E-state index is 4.45. The molecule has 0 saturated heterocycles. The van der Waals surface area contributed by atoms with Crippen molar-refractivity contribution in [2.75, 3.05) is 11.9 Å². The minimum atomic E-state index is 0.896. The van der Waals surface area contributed by atoms with E-state index in [9.17, 15) is 0 Å². The molecule has 88 valence electrons. The Balaban J connectivity index is 1.53. The highest BCUT2D eigenvalue weighted by Crippen LogP contribution is 2.48. The number of anilines is 1. The van der Waals surface area contributed by atoms with Crippen LogP contribution in [-0.2, 0) is 6.42 Å². The van der Waals surface area contributed by atoms with Crippen molar-refractivity contribution in [1.29, 1.82) is 0 Å². The third-order valence-corrected chi connectivity index (χ3v) is 4.89. The summed E-state index contributed by atoms with van der Waals surface area (Å²) in [6.07, 6.45) is 6.82. The summed E-state index contributed by atoms with van der Waals surface area (Å²) in [5.41, 5.74) is 0. The zero-order chi connectivity index (χ0) is 11.0. The molecule has 1 aromatic rings. The quantitative estimate of drug-likeness (QED) is 0.875. The monoisotopic (exact) mass is 237 g/mol. The van der Waals surface area contributed by atoms with Crippen LogP contribution in [0.1, 0.15) is 38.4 Å². The number of fused-ring (bicyclic) bond motifs is 2. The molecule has 0 radical (unpaired) electrons. The van der Waals surface area contributed by atoms with E-state index in [1.807, 2.05) is 0 Å². The van der Waals surface area contributed by atoms with Crippen LogP contribution in [0, 0.1) is 17.8 Å². The molecule has 1 heterocycles. The molecule has 3 atom stereocenters. The van der Waals surface area contributed by atoms with Crippen molar-refractivity contribution in [3.8, 4) is 0 Å². The Morgan fingerprint density at radius 3 is 2.94 bits per heavy atom. The van der Waals surface area contributed by atoms with Gasteiger partial charge in [0.15, 0.2) is 0 Å². The molecule has 4 heteroatoms. The van der Waals surface area contributed by atoms with E-state index in [4.69, 9.17) is 0 Å². The summed E-state index contributed by atoms with van der Waals surface area (Å²) in [5, 5.41) is 4.48. The van der Waals surface area contributed by atoms with Gasteiger partial charge in [-0.1, -0.05) is 13.3 Å². The molecule has 2 aliphatic rings. The molecular formula is C12H19N3S. The molecule has 16 heavy (non-hydrogen) atoms. The highest BCUT2D eigenvalue weighted by Gasteiger charge is 2.39. The second-order valence-electron chi connectivity index (χ2n) is 5.19. The average molecular weight is 237 g/mol. The zero-order valence-corrected chi connectivity index (χ0v) is 10.6. The number of rotatable bonds is 4. The lowest BCUT2D eigenvalue weighted by molar-refractivity contribution is 0.348. The van der Waals surface area contributed by atoms with E-state index < -0.39 is 0 Å². The van der Waals surface area contributed by atoms with E-state index in [1.165, 1.54) is 37.2 Å². The van der Waals surface area contributed by atoms with Crippen molar-refractivity contribution >= 4 is 16.7 Å². The average Bonchev–Trinajstić information content (AvgIpc) is 3.02. The molecule has 0 amide bonds. The molecule has 3 unspecified atom stereocenters. The van der Waals surface area contributed by atoms with Crippen LogP contribution in [0.3, 0.4) is 0 Å². The summed E-state index contributed by atoms with van der Waals surface area (Å²) in [4.78, 5) is 4.45. The lowest BCUT2D eigenvalue weighted by Gasteiger charge is -2.21. The van der Waals surface area contributed by atoms with E-state index in [-0.39, 0.29) is 0 Å². The third-order valence-electron chi connectivity index (χ3n) is 4.18. The van der Waals surface area contributed by atoms with Gasteiger partial charge in [-0.25, -0.2) is 4.98 Å². The predicted octanol–water partition coefficient (Wildman–Crippen LogP) is 2.95. The van der Waals surface area contributed by atoms with Gasteiger partial charge < -0.3 is 5.32 Å². The van der Waals surface area contributed by atoms with Crippen molar-refractivity contribution < 1.29 is 0 Å². The van der Waals surface area contributed by atoms with E-state index in [0.29, 0.717) is 0 Å². The lowest BCUT2D eigenvalue weighted by Crippen LogP contribution is -2.20. The van der Waals surface area contributed by atoms with Crippen LogP contribution in [0.25, 0.3) is 0 Å². The number of aromatic nitrogens is 2. The summed E-state index contributed by atoms with van der Waals surface area (Å²) in [7, 11) is 0. The van der Waals surface area contributed by atoms with Crippen LogP contribution in [-0.4, -0.2) is 15.9 Å². The van der Waals surface area contributed by atoms with Gasteiger partial charge in [0.25, 0.3) is 0 Å². The summed E-state index contributed by atoms with van der Waals surface area (Å²) in [6.45, 7) is 3.21. The minimum Gasteiger partial charge on any atom is -0.360 e. The highest BCUT2D eigenvalue weighted by molar-refractivity contribution is 7.09. The fraction of sp³-hybridized carbons (Fsp3) is 0.833. The van der Waals surface area contributed by atoms with Crippen LogP contribution in [0.15, 0.2) is 0 Å². The van der Waals surface area contributed by atoms with Gasteiger partial charge in [0, 0.05) is 24.5 Å². The number of nitrogens with one attached hydrogen (secondary N) is 1. The molecule has 1 aromatic heterocycles. The number of aryl methyl sites for hydroxylation is 1. The van der Waals surface area contributed by atoms with Crippen LogP contribution < -0.4 is 5.32 Å². The first kappa shape index (κ1) is 10.5. The first-order valence-corrected chi connectivity index (χ1v) is 7.19. The van der Waals surface area contributed by atoms with E-state index in [2.05, 4.69) is 21.6 Å². The van der Waals surface area contributed by atoms with Gasteiger partial charge in [0.2, 0.25) is 5.13 Å². The molecule has 1 N–H and O–H groups in total. The minimum absolute atomic E-state index is 0.896. The van der Waals surface area contributed by atoms with E-state index in [0.717, 1.165) is 41.7 Å². The smallest absolute Gasteiger partial charge is 0.202 e. The van der Waals surface area contributed by atoms with Crippen molar-refractivity contribution in [2.45, 2.75) is 39.0 Å². The normalized spacial score (nSPS) is 32.2. The first-order valence-electron chi connectivity index (χ1n) is 6.41. The Hall–Kier alpha value is -0.640. The molecular weight excluding hydrogens is 218 g/mol. The maximum Gasteiger partial charge on any atom is 0.202 e. The Kier molecular flexibility index (Phi) is 2.84. The molecule has 2 aliphatic carbocycles. The van der Waals surface area contributed by atoms with E-state index in [1.54, 1.807) is 0 Å². The fourth-order valence-electron chi connectivity index (χ4n) is 3.31. The summed E-state index contributed by atoms with van der Waals surface area (Å²) in [6, 6.07) is 0. The van der Waals surface area contributed by atoms with Gasteiger partial charge in [-0.15, -0.1) is 0 Å². The number of hydrogen-bond acceptors (Lipinski definition) is 4. The third kappa shape index (κ3) is 1.95. The van der Waals surface area contributed by atoms with Crippen LogP contribution >= 0.6 is 11.5 Å². The molecule has 0 aliphatic heterocycles. The summed E-state index contributed by atoms with van der Waals surface area (Å²) >= 11 is 1.51. The Morgan fingerprint density at radius 2 is 2.31 bits per heavy atom. The molecule has 0 aromatic carbocycles. The molecule has 3 rings (SSSR count). The standard InChI is InChI=1S/C12H19N3S/c1-2-11-14-12(16-15-11)13-7-10-6-8-3-4-9(10)5-8/h8-10H,2-7H2,1H3,(H,13,14,15). The Morgan fingerprint density at radius 1 is 1.38 bits per heavy atom. The van der Waals surface area contributed by atoms with Crippen LogP contribution in [0.2, 0.25) is 0 Å². The fourth-order valence-corrected chi connectivity index (χ4v) is 3.97. The summed E-state index contributed by atoms with van der Waals surface area (Å²) in [5.74, 6) is 3.90. The summed E-state index contributed by atoms with van der Waals surface area (Å²) < 4.78 is 4.30. The van der Waals surface area contributed by atoms with Gasteiger partial charge in [-0.3, -0.25) is 0 Å². The molecule has 3 nitrogen and oxygen atoms in total. The van der Waals surface area contributed by atoms with Crippen LogP contribution in [0.4, 0.5) is 5.13 Å². The lowest BCUT2D eigenvalue weighted by atomic mass is 9.89. The first-order chi connectivity index (χ1) is 7.85. The van der Waals surface area contributed by atoms with Crippen molar-refractivity contribution in [3.05, 3.63) is 5.82 Å². The molecule has 0 spiro atoms. The maximum absolute atomic E-state index is 4.45. The van der Waals surface area contributed by atoms with Crippen molar-refractivity contribution in [1.82, 2.24) is 9.36 Å². The molecule has 2 fully saturated rings. The van der Waals surface area contributed by atoms with E-state index >= 15 is 0 Å². The Bertz CT molecular complexity index is 363. The highest BCUT2D eigenvalue weighted by atomic mass is 32.1. The van der Waals surface area contributed by atoms with Crippen LogP contribution in [0.5, 0.6) is 0 Å². The second-order valence-corrected chi connectivity index (χ2v) is 5.94. The van der Waals surface area contributed by atoms with Gasteiger partial charge in [0.05, 0.1) is 0 Å². The largest absolute Gasteiger partial charge is 0.360 e. The second kappa shape index (κ2) is 4.32. The topological polar surface area (TPSA) is 37.8 Å². The molecule has 2 bridgehead atoms. The number of hydrogen-bond donors (Lipinski definition) is 1. The zero-order valence-electron chi connectivity index (χ0n) is 9.78. The van der Waals surface area contributed by atoms with Gasteiger partial charge in [-0.2, -0.15) is 4.37 Å². The van der Waals surface area contributed by atoms with Crippen molar-refractivity contribution in [2.24, 2.45) is 17.8 Å². The Labute approximate surface area is 101 Å². The van der Waals surface area contributed by atoms with Gasteiger partial charge in [-0.05, 0) is 37.0 Å². The molecule has 2 saturated carbocycles. The van der Waals surface area contributed by atoms with Crippen molar-refractivity contribution in [3.63, 3.8) is 0 Å². The SMILES string of the molecule is CCc1nsc(NCC2CC3CCC2C3)n1. The van der Waals surface area contributed by atoms with Gasteiger partial charge >= 0.3 is 0 Å². The predicted molar refractivity (Wildman–Crippen MR) is 66.7 cm³/mol.